The van der Waals surface area contributed by atoms with Crippen molar-refractivity contribution in [3.63, 3.8) is 0 Å². The van der Waals surface area contributed by atoms with E-state index < -0.39 is 0 Å². The Morgan fingerprint density at radius 1 is 1.14 bits per heavy atom. The summed E-state index contributed by atoms with van der Waals surface area (Å²) in [6, 6.07) is 16.0. The van der Waals surface area contributed by atoms with Gasteiger partial charge in [-0.1, -0.05) is 42.5 Å². The first-order valence-corrected chi connectivity index (χ1v) is 10.1. The molecule has 4 rings (SSSR count). The van der Waals surface area contributed by atoms with E-state index in [1.807, 2.05) is 35.2 Å². The number of benzene rings is 2. The van der Waals surface area contributed by atoms with E-state index in [9.17, 15) is 9.18 Å². The molecule has 5 nitrogen and oxygen atoms in total. The van der Waals surface area contributed by atoms with Crippen LogP contribution in [0.15, 0.2) is 54.6 Å². The van der Waals surface area contributed by atoms with Crippen LogP contribution in [0.4, 0.5) is 9.52 Å². The Morgan fingerprint density at radius 3 is 2.71 bits per heavy atom. The Hall–Kier alpha value is -2.80. The highest BCUT2D eigenvalue weighted by Gasteiger charge is 2.32. The Labute approximate surface area is 167 Å². The average Bonchev–Trinajstić information content (AvgIpc) is 3.38. The number of amides is 1. The first-order chi connectivity index (χ1) is 13.7. The van der Waals surface area contributed by atoms with Crippen LogP contribution in [0.25, 0.3) is 0 Å². The minimum absolute atomic E-state index is 0.0247. The molecule has 1 aromatic heterocycles. The maximum Gasteiger partial charge on any atom is 0.243 e. The van der Waals surface area contributed by atoms with Gasteiger partial charge in [0.05, 0.1) is 0 Å². The molecule has 28 heavy (non-hydrogen) atoms. The van der Waals surface area contributed by atoms with Crippen molar-refractivity contribution in [3.8, 4) is 0 Å². The Bertz CT molecular complexity index is 929. The van der Waals surface area contributed by atoms with Crippen molar-refractivity contribution in [1.29, 1.82) is 0 Å². The quantitative estimate of drug-likeness (QED) is 0.692. The fourth-order valence-corrected chi connectivity index (χ4v) is 4.15. The third-order valence-corrected chi connectivity index (χ3v) is 5.63. The van der Waals surface area contributed by atoms with Gasteiger partial charge >= 0.3 is 0 Å². The van der Waals surface area contributed by atoms with E-state index >= 15 is 0 Å². The second kappa shape index (κ2) is 8.48. The summed E-state index contributed by atoms with van der Waals surface area (Å²) in [5.74, 6) is 0.468. The standard InChI is InChI=1S/C21H21FN4OS/c22-17-10-8-15(9-11-17)13-19-24-21(28-25-19)26-12-4-7-18(26)20(27)23-14-16-5-2-1-3-6-16/h1-3,5-6,8-11,18H,4,7,12-14H2,(H,23,27). The third-order valence-electron chi connectivity index (χ3n) is 4.84. The molecule has 1 atom stereocenters. The number of hydrogen-bond acceptors (Lipinski definition) is 5. The molecule has 2 aromatic carbocycles. The van der Waals surface area contributed by atoms with Crippen LogP contribution in [-0.4, -0.2) is 27.9 Å². The number of halogens is 1. The van der Waals surface area contributed by atoms with E-state index in [4.69, 9.17) is 0 Å². The van der Waals surface area contributed by atoms with Gasteiger partial charge in [0.15, 0.2) is 0 Å². The SMILES string of the molecule is O=C(NCc1ccccc1)C1CCCN1c1nc(Cc2ccc(F)cc2)ns1. The van der Waals surface area contributed by atoms with Crippen molar-refractivity contribution in [1.82, 2.24) is 14.7 Å². The second-order valence-corrected chi connectivity index (χ2v) is 7.58. The zero-order valence-corrected chi connectivity index (χ0v) is 16.2. The van der Waals surface area contributed by atoms with Crippen molar-refractivity contribution in [3.05, 3.63) is 77.4 Å². The molecule has 1 aliphatic heterocycles. The molecule has 1 saturated heterocycles. The topological polar surface area (TPSA) is 58.1 Å². The number of carbonyl (C=O) groups excluding carboxylic acids is 1. The Kier molecular flexibility index (Phi) is 5.62. The van der Waals surface area contributed by atoms with Gasteiger partial charge in [0.25, 0.3) is 0 Å². The van der Waals surface area contributed by atoms with E-state index in [1.165, 1.54) is 23.7 Å². The van der Waals surface area contributed by atoms with Crippen molar-refractivity contribution in [2.45, 2.75) is 31.8 Å². The monoisotopic (exact) mass is 396 g/mol. The molecular formula is C21H21FN4OS. The van der Waals surface area contributed by atoms with E-state index in [1.54, 1.807) is 12.1 Å². The number of nitrogens with one attached hydrogen (secondary N) is 1. The maximum absolute atomic E-state index is 13.1. The van der Waals surface area contributed by atoms with Crippen LogP contribution in [-0.2, 0) is 17.8 Å². The number of hydrogen-bond donors (Lipinski definition) is 1. The van der Waals surface area contributed by atoms with Crippen molar-refractivity contribution >= 4 is 22.6 Å². The first-order valence-electron chi connectivity index (χ1n) is 9.34. The Balaban J connectivity index is 1.39. The summed E-state index contributed by atoms with van der Waals surface area (Å²) in [5.41, 5.74) is 2.04. The predicted octanol–water partition coefficient (Wildman–Crippen LogP) is 3.55. The van der Waals surface area contributed by atoms with Crippen LogP contribution >= 0.6 is 11.5 Å². The fourth-order valence-electron chi connectivity index (χ4n) is 3.39. The summed E-state index contributed by atoms with van der Waals surface area (Å²) in [4.78, 5) is 19.4. The Morgan fingerprint density at radius 2 is 1.93 bits per heavy atom. The fraction of sp³-hybridized carbons (Fsp3) is 0.286. The predicted molar refractivity (Wildman–Crippen MR) is 108 cm³/mol. The third kappa shape index (κ3) is 4.36. The smallest absolute Gasteiger partial charge is 0.243 e. The largest absolute Gasteiger partial charge is 0.350 e. The second-order valence-electron chi connectivity index (χ2n) is 6.85. The van der Waals surface area contributed by atoms with E-state index in [0.717, 1.165) is 35.6 Å². The van der Waals surface area contributed by atoms with Gasteiger partial charge in [-0.15, -0.1) is 0 Å². The highest BCUT2D eigenvalue weighted by Crippen LogP contribution is 2.27. The lowest BCUT2D eigenvalue weighted by atomic mass is 10.1. The normalized spacial score (nSPS) is 16.3. The summed E-state index contributed by atoms with van der Waals surface area (Å²) in [5, 5.41) is 3.81. The minimum Gasteiger partial charge on any atom is -0.350 e. The van der Waals surface area contributed by atoms with Crippen LogP contribution in [0.3, 0.4) is 0 Å². The summed E-state index contributed by atoms with van der Waals surface area (Å²) in [6.45, 7) is 1.32. The van der Waals surface area contributed by atoms with Gasteiger partial charge in [0.1, 0.15) is 17.7 Å². The van der Waals surface area contributed by atoms with Gasteiger partial charge < -0.3 is 10.2 Å². The van der Waals surface area contributed by atoms with Crippen molar-refractivity contribution in [2.75, 3.05) is 11.4 Å². The zero-order valence-electron chi connectivity index (χ0n) is 15.3. The highest BCUT2D eigenvalue weighted by atomic mass is 32.1. The summed E-state index contributed by atoms with van der Waals surface area (Å²) in [7, 11) is 0. The molecule has 1 unspecified atom stereocenters. The van der Waals surface area contributed by atoms with Crippen molar-refractivity contribution < 1.29 is 9.18 Å². The molecule has 1 aliphatic rings. The zero-order chi connectivity index (χ0) is 19.3. The molecule has 1 amide bonds. The van der Waals surface area contributed by atoms with Crippen LogP contribution in [0.1, 0.15) is 29.8 Å². The minimum atomic E-state index is -0.253. The molecule has 3 aromatic rings. The molecule has 1 fully saturated rings. The first kappa shape index (κ1) is 18.6. The lowest BCUT2D eigenvalue weighted by Crippen LogP contribution is -2.43. The molecule has 7 heteroatoms. The molecule has 144 valence electrons. The van der Waals surface area contributed by atoms with Gasteiger partial charge in [-0.05, 0) is 36.1 Å². The molecule has 0 radical (unpaired) electrons. The van der Waals surface area contributed by atoms with Crippen molar-refractivity contribution in [2.24, 2.45) is 0 Å². The molecule has 0 bridgehead atoms. The van der Waals surface area contributed by atoms with Crippen LogP contribution in [0.2, 0.25) is 0 Å². The molecule has 2 heterocycles. The van der Waals surface area contributed by atoms with E-state index in [2.05, 4.69) is 14.7 Å². The van der Waals surface area contributed by atoms with Gasteiger partial charge in [0, 0.05) is 31.0 Å². The number of carbonyl (C=O) groups is 1. The van der Waals surface area contributed by atoms with Gasteiger partial charge in [0.2, 0.25) is 11.0 Å². The molecule has 0 spiro atoms. The van der Waals surface area contributed by atoms with E-state index in [-0.39, 0.29) is 17.8 Å². The van der Waals surface area contributed by atoms with Gasteiger partial charge in [-0.2, -0.15) is 4.37 Å². The lowest BCUT2D eigenvalue weighted by Gasteiger charge is -2.22. The summed E-state index contributed by atoms with van der Waals surface area (Å²) >= 11 is 1.32. The van der Waals surface area contributed by atoms with Crippen LogP contribution < -0.4 is 10.2 Å². The summed E-state index contributed by atoms with van der Waals surface area (Å²) < 4.78 is 17.5. The summed E-state index contributed by atoms with van der Waals surface area (Å²) in [6.07, 6.45) is 2.32. The number of rotatable bonds is 6. The van der Waals surface area contributed by atoms with E-state index in [0.29, 0.717) is 18.8 Å². The molecule has 0 saturated carbocycles. The number of anilines is 1. The number of aromatic nitrogens is 2. The molecule has 0 aliphatic carbocycles. The molecule has 1 N–H and O–H groups in total. The number of nitrogens with zero attached hydrogens (tertiary/aromatic N) is 3. The lowest BCUT2D eigenvalue weighted by molar-refractivity contribution is -0.122. The highest BCUT2D eigenvalue weighted by molar-refractivity contribution is 7.09. The van der Waals surface area contributed by atoms with Crippen LogP contribution in [0.5, 0.6) is 0 Å². The average molecular weight is 396 g/mol. The van der Waals surface area contributed by atoms with Gasteiger partial charge in [-0.25, -0.2) is 9.37 Å². The van der Waals surface area contributed by atoms with Crippen LogP contribution in [0, 0.1) is 5.82 Å². The van der Waals surface area contributed by atoms with Gasteiger partial charge in [-0.3, -0.25) is 4.79 Å². The molecular weight excluding hydrogens is 375 g/mol. The maximum atomic E-state index is 13.1.